The number of rotatable bonds is 6. The lowest BCUT2D eigenvalue weighted by Gasteiger charge is -2.29. The lowest BCUT2D eigenvalue weighted by Crippen LogP contribution is -2.45. The highest BCUT2D eigenvalue weighted by Crippen LogP contribution is 2.39. The molecule has 1 aromatic carbocycles. The van der Waals surface area contributed by atoms with Gasteiger partial charge in [-0.05, 0) is 56.4 Å². The van der Waals surface area contributed by atoms with Crippen LogP contribution in [0.25, 0.3) is 0 Å². The molecule has 4 heteroatoms. The minimum atomic E-state index is -0.578. The number of esters is 1. The van der Waals surface area contributed by atoms with Crippen molar-refractivity contribution in [3.63, 3.8) is 0 Å². The van der Waals surface area contributed by atoms with Crippen molar-refractivity contribution in [2.24, 2.45) is 5.92 Å². The standard InChI is InChI=1S/C17H25NO3/c1-4-13-10-11-17(12-13,16(19)21-5-2)18-14-6-8-15(20-3)9-7-14/h6-9,13,18H,4-5,10-12H2,1-3H3. The topological polar surface area (TPSA) is 47.6 Å². The molecule has 0 bridgehead atoms. The van der Waals surface area contributed by atoms with Crippen LogP contribution in [0, 0.1) is 5.92 Å². The number of methoxy groups -OCH3 is 1. The maximum Gasteiger partial charge on any atom is 0.331 e. The van der Waals surface area contributed by atoms with Crippen molar-refractivity contribution in [2.75, 3.05) is 19.0 Å². The molecule has 1 aliphatic rings. The van der Waals surface area contributed by atoms with Crippen molar-refractivity contribution in [3.8, 4) is 5.75 Å². The normalized spacial score (nSPS) is 24.6. The van der Waals surface area contributed by atoms with E-state index in [1.54, 1.807) is 7.11 Å². The predicted octanol–water partition coefficient (Wildman–Crippen LogP) is 3.62. The van der Waals surface area contributed by atoms with Gasteiger partial charge >= 0.3 is 5.97 Å². The van der Waals surface area contributed by atoms with E-state index >= 15 is 0 Å². The number of carbonyl (C=O) groups excluding carboxylic acids is 1. The fourth-order valence-electron chi connectivity index (χ4n) is 3.07. The molecule has 1 saturated carbocycles. The second kappa shape index (κ2) is 6.83. The highest BCUT2D eigenvalue weighted by Gasteiger charge is 2.46. The zero-order valence-electron chi connectivity index (χ0n) is 13.1. The van der Waals surface area contributed by atoms with Crippen molar-refractivity contribution in [1.82, 2.24) is 0 Å². The van der Waals surface area contributed by atoms with Gasteiger partial charge in [-0.15, -0.1) is 0 Å². The molecule has 1 N–H and O–H groups in total. The summed E-state index contributed by atoms with van der Waals surface area (Å²) in [4.78, 5) is 12.4. The highest BCUT2D eigenvalue weighted by molar-refractivity contribution is 5.85. The van der Waals surface area contributed by atoms with Crippen LogP contribution in [-0.4, -0.2) is 25.2 Å². The Kier molecular flexibility index (Phi) is 5.10. The fourth-order valence-corrected chi connectivity index (χ4v) is 3.07. The summed E-state index contributed by atoms with van der Waals surface area (Å²) in [6.07, 6.45) is 3.84. The Hall–Kier alpha value is -1.71. The van der Waals surface area contributed by atoms with Crippen molar-refractivity contribution in [2.45, 2.75) is 45.1 Å². The van der Waals surface area contributed by atoms with Gasteiger partial charge in [0.25, 0.3) is 0 Å². The molecule has 4 nitrogen and oxygen atoms in total. The first-order valence-electron chi connectivity index (χ1n) is 7.73. The molecule has 2 rings (SSSR count). The molecular weight excluding hydrogens is 266 g/mol. The van der Waals surface area contributed by atoms with Gasteiger partial charge in [0.2, 0.25) is 0 Å². The van der Waals surface area contributed by atoms with Crippen LogP contribution < -0.4 is 10.1 Å². The minimum Gasteiger partial charge on any atom is -0.497 e. The zero-order chi connectivity index (χ0) is 15.3. The van der Waals surface area contributed by atoms with Gasteiger partial charge in [-0.25, -0.2) is 4.79 Å². The van der Waals surface area contributed by atoms with E-state index in [2.05, 4.69) is 12.2 Å². The second-order valence-electron chi connectivity index (χ2n) is 5.67. The Labute approximate surface area is 126 Å². The number of ether oxygens (including phenoxy) is 2. The van der Waals surface area contributed by atoms with Gasteiger partial charge < -0.3 is 14.8 Å². The largest absolute Gasteiger partial charge is 0.497 e. The van der Waals surface area contributed by atoms with Crippen LogP contribution in [-0.2, 0) is 9.53 Å². The SMILES string of the molecule is CCOC(=O)C1(Nc2ccc(OC)cc2)CCC(CC)C1. The smallest absolute Gasteiger partial charge is 0.331 e. The van der Waals surface area contributed by atoms with E-state index < -0.39 is 5.54 Å². The summed E-state index contributed by atoms with van der Waals surface area (Å²) in [5.41, 5.74) is 0.353. The number of nitrogens with one attached hydrogen (secondary N) is 1. The summed E-state index contributed by atoms with van der Waals surface area (Å²) in [6, 6.07) is 7.68. The Balaban J connectivity index is 2.17. The second-order valence-corrected chi connectivity index (χ2v) is 5.67. The van der Waals surface area contributed by atoms with E-state index in [9.17, 15) is 4.79 Å². The lowest BCUT2D eigenvalue weighted by atomic mass is 9.94. The molecule has 1 fully saturated rings. The van der Waals surface area contributed by atoms with Crippen LogP contribution in [0.2, 0.25) is 0 Å². The van der Waals surface area contributed by atoms with Crippen LogP contribution >= 0.6 is 0 Å². The van der Waals surface area contributed by atoms with Crippen LogP contribution in [0.1, 0.15) is 39.5 Å². The number of benzene rings is 1. The van der Waals surface area contributed by atoms with E-state index in [1.807, 2.05) is 31.2 Å². The van der Waals surface area contributed by atoms with E-state index in [1.165, 1.54) is 0 Å². The first-order chi connectivity index (χ1) is 10.1. The molecule has 0 aliphatic heterocycles. The maximum atomic E-state index is 12.4. The minimum absolute atomic E-state index is 0.128. The van der Waals surface area contributed by atoms with Crippen LogP contribution in [0.3, 0.4) is 0 Å². The van der Waals surface area contributed by atoms with Crippen molar-refractivity contribution in [3.05, 3.63) is 24.3 Å². The number of hydrogen-bond donors (Lipinski definition) is 1. The Bertz CT molecular complexity index is 471. The maximum absolute atomic E-state index is 12.4. The van der Waals surface area contributed by atoms with Gasteiger partial charge in [0, 0.05) is 5.69 Å². The molecule has 21 heavy (non-hydrogen) atoms. The molecule has 0 amide bonds. The van der Waals surface area contributed by atoms with Crippen LogP contribution in [0.15, 0.2) is 24.3 Å². The fraction of sp³-hybridized carbons (Fsp3) is 0.588. The molecule has 0 spiro atoms. The molecular formula is C17H25NO3. The van der Waals surface area contributed by atoms with Crippen LogP contribution in [0.5, 0.6) is 5.75 Å². The van der Waals surface area contributed by atoms with E-state index in [-0.39, 0.29) is 5.97 Å². The van der Waals surface area contributed by atoms with Gasteiger partial charge in [0.1, 0.15) is 11.3 Å². The highest BCUT2D eigenvalue weighted by atomic mass is 16.5. The first kappa shape index (κ1) is 15.7. The molecule has 0 radical (unpaired) electrons. The van der Waals surface area contributed by atoms with Gasteiger partial charge in [-0.1, -0.05) is 13.3 Å². The van der Waals surface area contributed by atoms with E-state index in [0.29, 0.717) is 12.5 Å². The third kappa shape index (κ3) is 3.49. The Morgan fingerprint density at radius 2 is 2.05 bits per heavy atom. The molecule has 2 unspecified atom stereocenters. The van der Waals surface area contributed by atoms with Crippen molar-refractivity contribution in [1.29, 1.82) is 0 Å². The number of carbonyl (C=O) groups is 1. The van der Waals surface area contributed by atoms with Gasteiger partial charge in [-0.3, -0.25) is 0 Å². The van der Waals surface area contributed by atoms with Gasteiger partial charge in [0.05, 0.1) is 13.7 Å². The monoisotopic (exact) mass is 291 g/mol. The van der Waals surface area contributed by atoms with E-state index in [4.69, 9.17) is 9.47 Å². The quantitative estimate of drug-likeness (QED) is 0.813. The summed E-state index contributed by atoms with van der Waals surface area (Å²) >= 11 is 0. The lowest BCUT2D eigenvalue weighted by molar-refractivity contribution is -0.148. The van der Waals surface area contributed by atoms with Crippen molar-refractivity contribution < 1.29 is 14.3 Å². The molecule has 0 aromatic heterocycles. The zero-order valence-corrected chi connectivity index (χ0v) is 13.1. The Morgan fingerprint density at radius 1 is 1.33 bits per heavy atom. The molecule has 116 valence electrons. The summed E-state index contributed by atoms with van der Waals surface area (Å²) in [5, 5.41) is 3.42. The van der Waals surface area contributed by atoms with Crippen LogP contribution in [0.4, 0.5) is 5.69 Å². The van der Waals surface area contributed by atoms with E-state index in [0.717, 1.165) is 37.1 Å². The van der Waals surface area contributed by atoms with Crippen molar-refractivity contribution >= 4 is 11.7 Å². The number of hydrogen-bond acceptors (Lipinski definition) is 4. The molecule has 2 atom stereocenters. The Morgan fingerprint density at radius 3 is 2.57 bits per heavy atom. The summed E-state index contributed by atoms with van der Waals surface area (Å²) in [7, 11) is 1.64. The summed E-state index contributed by atoms with van der Waals surface area (Å²) in [6.45, 7) is 4.45. The third-order valence-corrected chi connectivity index (χ3v) is 4.33. The first-order valence-corrected chi connectivity index (χ1v) is 7.73. The molecule has 0 saturated heterocycles. The molecule has 0 heterocycles. The van der Waals surface area contributed by atoms with Gasteiger partial charge in [-0.2, -0.15) is 0 Å². The third-order valence-electron chi connectivity index (χ3n) is 4.33. The van der Waals surface area contributed by atoms with Gasteiger partial charge in [0.15, 0.2) is 0 Å². The predicted molar refractivity (Wildman–Crippen MR) is 83.6 cm³/mol. The summed E-state index contributed by atoms with van der Waals surface area (Å²) in [5.74, 6) is 1.26. The molecule has 1 aromatic rings. The average Bonchev–Trinajstić information content (AvgIpc) is 2.93. The average molecular weight is 291 g/mol. The number of anilines is 1. The summed E-state index contributed by atoms with van der Waals surface area (Å²) < 4.78 is 10.5. The molecule has 1 aliphatic carbocycles.